The molecule has 0 saturated carbocycles. The Morgan fingerprint density at radius 3 is 2.72 bits per heavy atom. The maximum atomic E-state index is 11.0. The molecule has 1 aliphatic rings. The summed E-state index contributed by atoms with van der Waals surface area (Å²) in [5, 5.41) is 11.8. The van der Waals surface area contributed by atoms with E-state index in [0.717, 1.165) is 29.3 Å². The minimum absolute atomic E-state index is 0.0154. The molecule has 0 heterocycles. The van der Waals surface area contributed by atoms with Crippen LogP contribution in [0, 0.1) is 5.41 Å². The third-order valence-electron chi connectivity index (χ3n) is 4.25. The van der Waals surface area contributed by atoms with Crippen LogP contribution in [0.1, 0.15) is 43.9 Å². The van der Waals surface area contributed by atoms with Crippen LogP contribution in [0.15, 0.2) is 22.7 Å². The molecule has 3 nitrogen and oxygen atoms in total. The number of hydrogen-bond acceptors (Lipinski definition) is 1. The number of hydrogen-bond donors (Lipinski definition) is 2. The first-order chi connectivity index (χ1) is 8.52. The van der Waals surface area contributed by atoms with Crippen LogP contribution in [0.2, 0.25) is 0 Å². The van der Waals surface area contributed by atoms with Gasteiger partial charge >= 0.3 is 6.09 Å². The fourth-order valence-corrected chi connectivity index (χ4v) is 3.49. The van der Waals surface area contributed by atoms with Crippen LogP contribution >= 0.6 is 15.9 Å². The molecule has 1 aromatic carbocycles. The van der Waals surface area contributed by atoms with Crippen LogP contribution in [0.4, 0.5) is 4.79 Å². The predicted octanol–water partition coefficient (Wildman–Crippen LogP) is 4.12. The van der Waals surface area contributed by atoms with Gasteiger partial charge in [0.25, 0.3) is 0 Å². The maximum absolute atomic E-state index is 11.0. The van der Waals surface area contributed by atoms with Crippen LogP contribution in [0.5, 0.6) is 0 Å². The molecule has 0 aromatic heterocycles. The van der Waals surface area contributed by atoms with Crippen LogP contribution in [-0.2, 0) is 6.42 Å². The first-order valence-corrected chi connectivity index (χ1v) is 7.09. The number of carbonyl (C=O) groups is 1. The Labute approximate surface area is 116 Å². The molecule has 0 spiro atoms. The zero-order valence-electron chi connectivity index (χ0n) is 10.7. The van der Waals surface area contributed by atoms with Crippen molar-refractivity contribution in [3.05, 3.63) is 33.8 Å². The van der Waals surface area contributed by atoms with Crippen LogP contribution in [-0.4, -0.2) is 11.2 Å². The number of benzene rings is 1. The second-order valence-electron chi connectivity index (χ2n) is 4.97. The van der Waals surface area contributed by atoms with Gasteiger partial charge in [0.15, 0.2) is 0 Å². The average molecular weight is 312 g/mol. The lowest BCUT2D eigenvalue weighted by atomic mass is 9.76. The summed E-state index contributed by atoms with van der Waals surface area (Å²) in [6.07, 6.45) is 1.95. The molecule has 1 unspecified atom stereocenters. The molecule has 1 aromatic rings. The summed E-state index contributed by atoms with van der Waals surface area (Å²) in [4.78, 5) is 11.0. The van der Waals surface area contributed by atoms with E-state index in [0.29, 0.717) is 0 Å². The molecule has 98 valence electrons. The smallest absolute Gasteiger partial charge is 0.405 e. The van der Waals surface area contributed by atoms with E-state index in [2.05, 4.69) is 41.2 Å². The highest BCUT2D eigenvalue weighted by molar-refractivity contribution is 9.10. The Morgan fingerprint density at radius 1 is 1.50 bits per heavy atom. The van der Waals surface area contributed by atoms with Crippen molar-refractivity contribution in [1.29, 1.82) is 0 Å². The van der Waals surface area contributed by atoms with Gasteiger partial charge in [-0.1, -0.05) is 35.8 Å². The van der Waals surface area contributed by atoms with Crippen LogP contribution in [0.25, 0.3) is 0 Å². The zero-order chi connectivity index (χ0) is 13.3. The second-order valence-corrected chi connectivity index (χ2v) is 5.89. The summed E-state index contributed by atoms with van der Waals surface area (Å²) in [5.74, 6) is 0. The number of halogens is 1. The van der Waals surface area contributed by atoms with Gasteiger partial charge in [-0.3, -0.25) is 0 Å². The molecule has 2 N–H and O–H groups in total. The van der Waals surface area contributed by atoms with Gasteiger partial charge < -0.3 is 10.4 Å². The highest BCUT2D eigenvalue weighted by atomic mass is 79.9. The molecule has 0 saturated heterocycles. The molecule has 0 radical (unpaired) electrons. The summed E-state index contributed by atoms with van der Waals surface area (Å²) in [6, 6.07) is 6.04. The molecule has 0 bridgehead atoms. The summed E-state index contributed by atoms with van der Waals surface area (Å²) in [5.41, 5.74) is 2.40. The van der Waals surface area contributed by atoms with Gasteiger partial charge in [-0.25, -0.2) is 4.79 Å². The summed E-state index contributed by atoms with van der Waals surface area (Å²) in [7, 11) is 0. The molecule has 1 atom stereocenters. The van der Waals surface area contributed by atoms with Gasteiger partial charge in [0.05, 0.1) is 6.04 Å². The lowest BCUT2D eigenvalue weighted by Crippen LogP contribution is -2.37. The second kappa shape index (κ2) is 4.92. The standard InChI is InChI=1S/C14H18BrNO2/c1-3-14(4-2)8-9-7-10(15)5-6-11(9)12(14)16-13(17)18/h5-7,12,16H,3-4,8H2,1-2H3,(H,17,18). The van der Waals surface area contributed by atoms with Crippen molar-refractivity contribution in [2.45, 2.75) is 39.2 Å². The summed E-state index contributed by atoms with van der Waals surface area (Å²) < 4.78 is 1.05. The van der Waals surface area contributed by atoms with Gasteiger partial charge in [0.2, 0.25) is 0 Å². The van der Waals surface area contributed by atoms with Gasteiger partial charge in [-0.15, -0.1) is 0 Å². The van der Waals surface area contributed by atoms with Crippen molar-refractivity contribution >= 4 is 22.0 Å². The number of nitrogens with one attached hydrogen (secondary N) is 1. The topological polar surface area (TPSA) is 49.3 Å². The number of carboxylic acid groups (broad SMARTS) is 1. The van der Waals surface area contributed by atoms with Gasteiger partial charge in [0, 0.05) is 4.47 Å². The van der Waals surface area contributed by atoms with Crippen molar-refractivity contribution in [2.24, 2.45) is 5.41 Å². The third kappa shape index (κ3) is 2.14. The number of rotatable bonds is 3. The Balaban J connectivity index is 2.46. The molecule has 2 rings (SSSR count). The highest BCUT2D eigenvalue weighted by Crippen LogP contribution is 2.50. The normalized spacial score (nSPS) is 20.5. The monoisotopic (exact) mass is 311 g/mol. The van der Waals surface area contributed by atoms with E-state index in [1.54, 1.807) is 0 Å². The third-order valence-corrected chi connectivity index (χ3v) is 4.74. The summed E-state index contributed by atoms with van der Waals surface area (Å²) in [6.45, 7) is 4.28. The predicted molar refractivity (Wildman–Crippen MR) is 74.8 cm³/mol. The Hall–Kier alpha value is -1.03. The quantitative estimate of drug-likeness (QED) is 0.882. The van der Waals surface area contributed by atoms with Crippen molar-refractivity contribution < 1.29 is 9.90 Å². The lowest BCUT2D eigenvalue weighted by molar-refractivity contribution is 0.157. The molecular weight excluding hydrogens is 294 g/mol. The van der Waals surface area contributed by atoms with E-state index in [9.17, 15) is 4.79 Å². The van der Waals surface area contributed by atoms with Crippen molar-refractivity contribution in [3.8, 4) is 0 Å². The molecule has 1 amide bonds. The fraction of sp³-hybridized carbons (Fsp3) is 0.500. The number of amides is 1. The fourth-order valence-electron chi connectivity index (χ4n) is 3.08. The van der Waals surface area contributed by atoms with Crippen molar-refractivity contribution in [2.75, 3.05) is 0 Å². The molecule has 18 heavy (non-hydrogen) atoms. The highest BCUT2D eigenvalue weighted by Gasteiger charge is 2.44. The van der Waals surface area contributed by atoms with E-state index in [1.807, 2.05) is 12.1 Å². The zero-order valence-corrected chi connectivity index (χ0v) is 12.3. The average Bonchev–Trinajstić information content (AvgIpc) is 2.62. The minimum atomic E-state index is -0.943. The van der Waals surface area contributed by atoms with E-state index in [4.69, 9.17) is 5.11 Å². The van der Waals surface area contributed by atoms with Crippen molar-refractivity contribution in [3.63, 3.8) is 0 Å². The van der Waals surface area contributed by atoms with Gasteiger partial charge in [-0.2, -0.15) is 0 Å². The number of fused-ring (bicyclic) bond motifs is 1. The maximum Gasteiger partial charge on any atom is 0.405 e. The first kappa shape index (κ1) is 13.4. The van der Waals surface area contributed by atoms with E-state index in [-0.39, 0.29) is 11.5 Å². The first-order valence-electron chi connectivity index (χ1n) is 6.30. The Bertz CT molecular complexity index is 469. The van der Waals surface area contributed by atoms with Gasteiger partial charge in [0.1, 0.15) is 0 Å². The molecule has 4 heteroatoms. The minimum Gasteiger partial charge on any atom is -0.465 e. The van der Waals surface area contributed by atoms with Gasteiger partial charge in [-0.05, 0) is 47.9 Å². The largest absolute Gasteiger partial charge is 0.465 e. The van der Waals surface area contributed by atoms with Crippen LogP contribution < -0.4 is 5.32 Å². The summed E-state index contributed by atoms with van der Waals surface area (Å²) >= 11 is 3.48. The van der Waals surface area contributed by atoms with E-state index < -0.39 is 6.09 Å². The Kier molecular flexibility index (Phi) is 3.66. The molecular formula is C14H18BrNO2. The molecule has 0 aliphatic heterocycles. The molecule has 1 aliphatic carbocycles. The Morgan fingerprint density at radius 2 is 2.17 bits per heavy atom. The lowest BCUT2D eigenvalue weighted by Gasteiger charge is -2.33. The SMILES string of the molecule is CCC1(CC)Cc2cc(Br)ccc2C1NC(=O)O. The van der Waals surface area contributed by atoms with E-state index >= 15 is 0 Å². The van der Waals surface area contributed by atoms with E-state index in [1.165, 1.54) is 5.56 Å². The van der Waals surface area contributed by atoms with Crippen molar-refractivity contribution in [1.82, 2.24) is 5.32 Å². The van der Waals surface area contributed by atoms with Crippen LogP contribution in [0.3, 0.4) is 0 Å². The molecule has 0 fully saturated rings.